The van der Waals surface area contributed by atoms with Crippen molar-refractivity contribution >= 4 is 23.2 Å². The Morgan fingerprint density at radius 1 is 0.426 bits per heavy atom. The molecule has 0 aliphatic rings. The molecule has 0 spiro atoms. The van der Waals surface area contributed by atoms with Crippen molar-refractivity contribution in [3.05, 3.63) is 149 Å². The highest BCUT2D eigenvalue weighted by Gasteiger charge is 2.44. The van der Waals surface area contributed by atoms with Crippen LogP contribution in [0.25, 0.3) is 0 Å². The van der Waals surface area contributed by atoms with Gasteiger partial charge in [0.2, 0.25) is 0 Å². The topological polar surface area (TPSA) is 0 Å². The van der Waals surface area contributed by atoms with Gasteiger partial charge in [-0.15, -0.1) is 0 Å². The number of allylic oxidation sites excluding steroid dienone is 10. The van der Waals surface area contributed by atoms with Gasteiger partial charge < -0.3 is 17.0 Å². The molecule has 0 aliphatic carbocycles. The van der Waals surface area contributed by atoms with Crippen molar-refractivity contribution in [3.8, 4) is 0 Å². The zero-order valence-electron chi connectivity index (χ0n) is 30.2. The standard InChI is InChI=1S/C45H60P.BrH/c1-38(2)22-16-17-24-41(5)35-36-42(6)25-19-18-23-39(3)26-20-27-40(4)28-21-37-46(43-29-10-7-11-30-43,44-31-12-8-13-32-44)45-33-14-9-15-34-45;/h7-15,22-25,27,29-34H,16-21,26,28,35-37H2,1-6H3;1H/q+1;/p-1/b39-23+,40-27+,41-24+,42-25+;. The maximum Gasteiger partial charge on any atom is 0.112 e. The zero-order chi connectivity index (χ0) is 33.0. The molecular weight excluding hydrogens is 651 g/mol. The molecule has 0 atom stereocenters. The Bertz CT molecular complexity index is 1340. The van der Waals surface area contributed by atoms with Crippen molar-refractivity contribution < 1.29 is 17.0 Å². The van der Waals surface area contributed by atoms with Crippen LogP contribution in [0.2, 0.25) is 0 Å². The average molecular weight is 712 g/mol. The van der Waals surface area contributed by atoms with Crippen molar-refractivity contribution in [2.45, 2.75) is 106 Å². The van der Waals surface area contributed by atoms with E-state index in [9.17, 15) is 0 Å². The normalized spacial score (nSPS) is 12.9. The van der Waals surface area contributed by atoms with Crippen LogP contribution in [0.3, 0.4) is 0 Å². The van der Waals surface area contributed by atoms with E-state index in [1.807, 2.05) is 0 Å². The van der Waals surface area contributed by atoms with E-state index in [1.165, 1.54) is 69.2 Å². The third-order valence-electron chi connectivity index (χ3n) is 8.97. The molecule has 0 heterocycles. The molecule has 0 bridgehead atoms. The summed E-state index contributed by atoms with van der Waals surface area (Å²) in [6, 6.07) is 33.8. The molecule has 3 aromatic rings. The minimum atomic E-state index is -1.74. The van der Waals surface area contributed by atoms with Gasteiger partial charge >= 0.3 is 0 Å². The first-order valence-electron chi connectivity index (χ1n) is 17.6. The lowest BCUT2D eigenvalue weighted by Gasteiger charge is -2.27. The zero-order valence-corrected chi connectivity index (χ0v) is 32.6. The van der Waals surface area contributed by atoms with Gasteiger partial charge in [0.1, 0.15) is 23.2 Å². The first-order valence-corrected chi connectivity index (χ1v) is 19.6. The van der Waals surface area contributed by atoms with Gasteiger partial charge in [0.25, 0.3) is 0 Å². The Hall–Kier alpha value is -2.73. The number of rotatable bonds is 19. The third kappa shape index (κ3) is 14.5. The fourth-order valence-corrected chi connectivity index (χ4v) is 10.5. The number of benzene rings is 3. The van der Waals surface area contributed by atoms with E-state index in [0.717, 1.165) is 44.9 Å². The third-order valence-corrected chi connectivity index (χ3v) is 13.5. The summed E-state index contributed by atoms with van der Waals surface area (Å²) in [6.45, 7) is 13.6. The molecule has 3 aromatic carbocycles. The molecule has 0 fully saturated rings. The molecule has 0 nitrogen and oxygen atoms in total. The molecule has 0 N–H and O–H groups in total. The molecule has 0 amide bonds. The predicted molar refractivity (Wildman–Crippen MR) is 211 cm³/mol. The molecule has 3 rings (SSSR count). The van der Waals surface area contributed by atoms with Gasteiger partial charge in [-0.2, -0.15) is 0 Å². The molecule has 0 aliphatic heterocycles. The number of unbranched alkanes of at least 4 members (excludes halogenated alkanes) is 2. The minimum Gasteiger partial charge on any atom is -1.00 e. The monoisotopic (exact) mass is 710 g/mol. The van der Waals surface area contributed by atoms with Crippen LogP contribution in [-0.2, 0) is 0 Å². The molecule has 252 valence electrons. The molecule has 2 heteroatoms. The van der Waals surface area contributed by atoms with Gasteiger partial charge in [0.05, 0.1) is 6.16 Å². The van der Waals surface area contributed by atoms with Crippen molar-refractivity contribution in [1.82, 2.24) is 0 Å². The number of hydrogen-bond acceptors (Lipinski definition) is 0. The Labute approximate surface area is 300 Å². The fraction of sp³-hybridized carbons (Fsp3) is 0.378. The van der Waals surface area contributed by atoms with Gasteiger partial charge in [-0.3, -0.25) is 0 Å². The maximum absolute atomic E-state index is 2.49. The van der Waals surface area contributed by atoms with E-state index in [1.54, 1.807) is 0 Å². The lowest BCUT2D eigenvalue weighted by Crippen LogP contribution is -3.00. The second kappa shape index (κ2) is 22.8. The summed E-state index contributed by atoms with van der Waals surface area (Å²) in [5.41, 5.74) is 7.52. The SMILES string of the molecule is CC(C)=CCC/C=C(\C)CC/C(C)=C/CC/C=C(\C)CC/C=C(\C)CCC[P+](c1ccccc1)(c1ccccc1)c1ccccc1.[Br-]. The van der Waals surface area contributed by atoms with Gasteiger partial charge in [0, 0.05) is 0 Å². The lowest BCUT2D eigenvalue weighted by molar-refractivity contribution is -0.00000977. The van der Waals surface area contributed by atoms with Crippen LogP contribution in [0.1, 0.15) is 106 Å². The van der Waals surface area contributed by atoms with Gasteiger partial charge in [-0.05, 0) is 142 Å². The highest BCUT2D eigenvalue weighted by Crippen LogP contribution is 2.56. The van der Waals surface area contributed by atoms with Crippen LogP contribution in [-0.4, -0.2) is 6.16 Å². The Morgan fingerprint density at radius 2 is 0.766 bits per heavy atom. The van der Waals surface area contributed by atoms with E-state index < -0.39 is 7.26 Å². The van der Waals surface area contributed by atoms with Crippen LogP contribution in [0, 0.1) is 0 Å². The van der Waals surface area contributed by atoms with Crippen molar-refractivity contribution in [2.24, 2.45) is 0 Å². The van der Waals surface area contributed by atoms with Crippen LogP contribution >= 0.6 is 7.26 Å². The Morgan fingerprint density at radius 3 is 1.17 bits per heavy atom. The highest BCUT2D eigenvalue weighted by atomic mass is 79.9. The lowest BCUT2D eigenvalue weighted by atomic mass is 10.0. The van der Waals surface area contributed by atoms with Crippen LogP contribution in [0.5, 0.6) is 0 Å². The van der Waals surface area contributed by atoms with Crippen LogP contribution < -0.4 is 32.9 Å². The Balaban J connectivity index is 0.00000768. The number of hydrogen-bond donors (Lipinski definition) is 0. The molecular formula is C45H60BrP. The highest BCUT2D eigenvalue weighted by molar-refractivity contribution is 7.95. The first-order chi connectivity index (χ1) is 22.3. The predicted octanol–water partition coefficient (Wildman–Crippen LogP) is 9.64. The summed E-state index contributed by atoms with van der Waals surface area (Å²) in [6.07, 6.45) is 25.0. The van der Waals surface area contributed by atoms with E-state index in [0.29, 0.717) is 0 Å². The summed E-state index contributed by atoms with van der Waals surface area (Å²) < 4.78 is 0. The smallest absolute Gasteiger partial charge is 0.112 e. The van der Waals surface area contributed by atoms with E-state index >= 15 is 0 Å². The molecule has 47 heavy (non-hydrogen) atoms. The summed E-state index contributed by atoms with van der Waals surface area (Å²) in [7, 11) is -1.74. The number of halogens is 1. The minimum absolute atomic E-state index is 0. The molecule has 0 aromatic heterocycles. The average Bonchev–Trinajstić information content (AvgIpc) is 3.07. The molecule has 0 saturated heterocycles. The molecule has 0 unspecified atom stereocenters. The quantitative estimate of drug-likeness (QED) is 0.0661. The van der Waals surface area contributed by atoms with Gasteiger partial charge in [0.15, 0.2) is 0 Å². The summed E-state index contributed by atoms with van der Waals surface area (Å²) >= 11 is 0. The Kier molecular flexibility index (Phi) is 19.6. The molecule has 0 radical (unpaired) electrons. The van der Waals surface area contributed by atoms with Crippen LogP contribution in [0.15, 0.2) is 149 Å². The second-order valence-electron chi connectivity index (χ2n) is 13.3. The van der Waals surface area contributed by atoms with Crippen molar-refractivity contribution in [3.63, 3.8) is 0 Å². The van der Waals surface area contributed by atoms with Crippen LogP contribution in [0.4, 0.5) is 0 Å². The second-order valence-corrected chi connectivity index (χ2v) is 16.9. The van der Waals surface area contributed by atoms with E-state index in [-0.39, 0.29) is 17.0 Å². The first kappa shape index (κ1) is 40.4. The van der Waals surface area contributed by atoms with E-state index in [4.69, 9.17) is 0 Å². The van der Waals surface area contributed by atoms with Crippen molar-refractivity contribution in [1.29, 1.82) is 0 Å². The van der Waals surface area contributed by atoms with Gasteiger partial charge in [-0.1, -0.05) is 113 Å². The summed E-state index contributed by atoms with van der Waals surface area (Å²) in [5.74, 6) is 0. The summed E-state index contributed by atoms with van der Waals surface area (Å²) in [5, 5.41) is 4.45. The largest absolute Gasteiger partial charge is 1.00 e. The fourth-order valence-electron chi connectivity index (χ4n) is 6.19. The summed E-state index contributed by atoms with van der Waals surface area (Å²) in [4.78, 5) is 0. The van der Waals surface area contributed by atoms with E-state index in [2.05, 4.69) is 163 Å². The molecule has 0 saturated carbocycles. The maximum atomic E-state index is 2.49. The van der Waals surface area contributed by atoms with Crippen molar-refractivity contribution in [2.75, 3.05) is 6.16 Å². The van der Waals surface area contributed by atoms with Gasteiger partial charge in [-0.25, -0.2) is 0 Å².